The van der Waals surface area contributed by atoms with Crippen LogP contribution in [-0.4, -0.2) is 47.7 Å². The van der Waals surface area contributed by atoms with Crippen LogP contribution in [0.25, 0.3) is 0 Å². The van der Waals surface area contributed by atoms with E-state index < -0.39 is 0 Å². The summed E-state index contributed by atoms with van der Waals surface area (Å²) in [4.78, 5) is 26.8. The average molecular weight is 513 g/mol. The van der Waals surface area contributed by atoms with Gasteiger partial charge in [-0.15, -0.1) is 23.2 Å². The molecule has 3 fully saturated rings. The number of nitrogens with zero attached hydrogens (tertiary/aromatic N) is 1. The molecule has 0 radical (unpaired) electrons. The van der Waals surface area contributed by atoms with Gasteiger partial charge in [-0.25, -0.2) is 0 Å². The predicted molar refractivity (Wildman–Crippen MR) is 138 cm³/mol. The minimum absolute atomic E-state index is 0.0161. The first-order valence-corrected chi connectivity index (χ1v) is 14.5. The molecule has 4 aliphatic carbocycles. The highest BCUT2D eigenvalue weighted by Gasteiger charge is 2.60. The Hall–Kier alpha value is -0.740. The van der Waals surface area contributed by atoms with E-state index in [-0.39, 0.29) is 34.7 Å². The van der Waals surface area contributed by atoms with Gasteiger partial charge in [-0.2, -0.15) is 0 Å². The van der Waals surface area contributed by atoms with Crippen molar-refractivity contribution in [2.24, 2.45) is 40.4 Å². The number of halogens is 2. The summed E-state index contributed by atoms with van der Waals surface area (Å²) >= 11 is 12.0. The van der Waals surface area contributed by atoms with Gasteiger partial charge >= 0.3 is 5.97 Å². The number of amides is 1. The minimum atomic E-state index is -0.160. The summed E-state index contributed by atoms with van der Waals surface area (Å²) in [6.07, 6.45) is 11.5. The van der Waals surface area contributed by atoms with Crippen molar-refractivity contribution in [1.29, 1.82) is 0 Å². The lowest BCUT2D eigenvalue weighted by atomic mass is 9.47. The zero-order valence-corrected chi connectivity index (χ0v) is 23.0. The molecule has 0 saturated heterocycles. The second-order valence-electron chi connectivity index (χ2n) is 12.0. The molecule has 8 atom stereocenters. The van der Waals surface area contributed by atoms with Crippen molar-refractivity contribution < 1.29 is 14.3 Å². The summed E-state index contributed by atoms with van der Waals surface area (Å²) in [6, 6.07) is 0. The number of fused-ring (bicyclic) bond motifs is 5. The fourth-order valence-corrected chi connectivity index (χ4v) is 9.23. The Morgan fingerprint density at radius 2 is 1.79 bits per heavy atom. The third kappa shape index (κ3) is 4.56. The molecule has 3 saturated carbocycles. The van der Waals surface area contributed by atoms with Crippen LogP contribution in [0, 0.1) is 40.4 Å². The molecule has 0 aromatic carbocycles. The molecule has 4 aliphatic rings. The van der Waals surface area contributed by atoms with Gasteiger partial charge in [-0.05, 0) is 79.4 Å². The van der Waals surface area contributed by atoms with Crippen molar-refractivity contribution in [3.63, 3.8) is 0 Å². The molecule has 4 nitrogen and oxygen atoms in total. The number of hydrogen-bond acceptors (Lipinski definition) is 3. The van der Waals surface area contributed by atoms with E-state index in [1.165, 1.54) is 31.8 Å². The maximum absolute atomic E-state index is 13.4. The Morgan fingerprint density at radius 3 is 2.44 bits per heavy atom. The van der Waals surface area contributed by atoms with Crippen molar-refractivity contribution in [1.82, 2.24) is 4.90 Å². The van der Waals surface area contributed by atoms with E-state index in [0.29, 0.717) is 48.5 Å². The quantitative estimate of drug-likeness (QED) is 0.224. The first-order valence-electron chi connectivity index (χ1n) is 13.4. The Kier molecular flexibility index (Phi) is 7.99. The Balaban J connectivity index is 1.51. The van der Waals surface area contributed by atoms with E-state index >= 15 is 0 Å². The Bertz CT molecular complexity index is 809. The summed E-state index contributed by atoms with van der Waals surface area (Å²) in [6.45, 7) is 9.80. The fraction of sp³-hybridized carbons (Fsp3) is 0.857. The van der Waals surface area contributed by atoms with Gasteiger partial charge < -0.3 is 9.64 Å². The summed E-state index contributed by atoms with van der Waals surface area (Å²) < 4.78 is 5.59. The van der Waals surface area contributed by atoms with Crippen LogP contribution in [0.4, 0.5) is 0 Å². The number of hydrogen-bond donors (Lipinski definition) is 0. The summed E-state index contributed by atoms with van der Waals surface area (Å²) in [5, 5.41) is 0. The first-order chi connectivity index (χ1) is 16.2. The number of allylic oxidation sites excluding steroid dienone is 1. The number of carbonyl (C=O) groups is 2. The monoisotopic (exact) mass is 511 g/mol. The number of esters is 1. The smallest absolute Gasteiger partial charge is 0.302 e. The molecule has 0 spiro atoms. The predicted octanol–water partition coefficient (Wildman–Crippen LogP) is 6.44. The van der Waals surface area contributed by atoms with Crippen LogP contribution in [0.3, 0.4) is 0 Å². The van der Waals surface area contributed by atoms with Crippen LogP contribution < -0.4 is 0 Å². The van der Waals surface area contributed by atoms with Gasteiger partial charge in [0.05, 0.1) is 0 Å². The zero-order chi connectivity index (χ0) is 24.7. The third-order valence-electron chi connectivity index (χ3n) is 10.5. The summed E-state index contributed by atoms with van der Waals surface area (Å²) in [5.74, 6) is 3.51. The molecule has 0 N–H and O–H groups in total. The molecule has 0 aliphatic heterocycles. The maximum atomic E-state index is 13.4. The number of rotatable bonds is 7. The minimum Gasteiger partial charge on any atom is -0.462 e. The molecular weight excluding hydrogens is 469 g/mol. The molecule has 34 heavy (non-hydrogen) atoms. The van der Waals surface area contributed by atoms with Gasteiger partial charge in [0.25, 0.3) is 0 Å². The molecule has 1 amide bonds. The van der Waals surface area contributed by atoms with Crippen molar-refractivity contribution >= 4 is 35.1 Å². The van der Waals surface area contributed by atoms with E-state index in [0.717, 1.165) is 32.1 Å². The van der Waals surface area contributed by atoms with Gasteiger partial charge in [-0.3, -0.25) is 9.59 Å². The molecule has 6 heteroatoms. The van der Waals surface area contributed by atoms with Crippen LogP contribution in [0.1, 0.15) is 79.1 Å². The normalized spacial score (nSPS) is 39.8. The molecular formula is C28H43Cl2NO3. The Labute approximate surface area is 216 Å². The number of ether oxygens (including phenoxy) is 1. The van der Waals surface area contributed by atoms with Gasteiger partial charge in [-0.1, -0.05) is 32.4 Å². The van der Waals surface area contributed by atoms with E-state index in [4.69, 9.17) is 27.9 Å². The third-order valence-corrected chi connectivity index (χ3v) is 10.8. The maximum Gasteiger partial charge on any atom is 0.302 e. The van der Waals surface area contributed by atoms with Crippen molar-refractivity contribution in [3.05, 3.63) is 11.6 Å². The fourth-order valence-electron chi connectivity index (χ4n) is 8.82. The number of alkyl halides is 2. The van der Waals surface area contributed by atoms with Gasteiger partial charge in [0, 0.05) is 44.1 Å². The van der Waals surface area contributed by atoms with Gasteiger partial charge in [0.1, 0.15) is 6.10 Å². The second kappa shape index (κ2) is 10.3. The molecule has 192 valence electrons. The molecule has 0 heterocycles. The first kappa shape index (κ1) is 26.3. The highest BCUT2D eigenvalue weighted by atomic mass is 35.5. The highest BCUT2D eigenvalue weighted by molar-refractivity contribution is 6.18. The van der Waals surface area contributed by atoms with Crippen LogP contribution in [0.15, 0.2) is 11.6 Å². The molecule has 0 aromatic rings. The summed E-state index contributed by atoms with van der Waals surface area (Å²) in [7, 11) is 0. The van der Waals surface area contributed by atoms with Crippen LogP contribution in [0.2, 0.25) is 0 Å². The van der Waals surface area contributed by atoms with Crippen molar-refractivity contribution in [2.45, 2.75) is 85.2 Å². The average Bonchev–Trinajstić information content (AvgIpc) is 3.15. The van der Waals surface area contributed by atoms with Crippen LogP contribution in [0.5, 0.6) is 0 Å². The van der Waals surface area contributed by atoms with E-state index in [2.05, 4.69) is 26.8 Å². The lowest BCUT2D eigenvalue weighted by Gasteiger charge is -2.58. The topological polar surface area (TPSA) is 46.6 Å². The van der Waals surface area contributed by atoms with Gasteiger partial charge in [0.15, 0.2) is 0 Å². The lowest BCUT2D eigenvalue weighted by molar-refractivity contribution is -0.148. The van der Waals surface area contributed by atoms with E-state index in [1.54, 1.807) is 0 Å². The van der Waals surface area contributed by atoms with Gasteiger partial charge in [0.2, 0.25) is 5.91 Å². The molecule has 0 aromatic heterocycles. The molecule has 0 bridgehead atoms. The zero-order valence-electron chi connectivity index (χ0n) is 21.5. The number of carbonyl (C=O) groups excluding carboxylic acids is 2. The lowest BCUT2D eigenvalue weighted by Crippen LogP contribution is -2.52. The van der Waals surface area contributed by atoms with Crippen LogP contribution in [-0.2, 0) is 14.3 Å². The second-order valence-corrected chi connectivity index (χ2v) is 12.7. The largest absolute Gasteiger partial charge is 0.462 e. The standard InChI is InChI=1S/C28H43Cl2NO3/c1-18(26(33)31(15-13-29)16-14-30)23-7-8-24-22-6-5-20-17-21(34-19(2)32)9-11-27(20,3)25(22)10-12-28(23,24)4/h5,18,21-25H,6-17H2,1-4H3/t18-,21+,22+,23-,24+,25+,27+,28-/m1/s1. The Morgan fingerprint density at radius 1 is 1.09 bits per heavy atom. The van der Waals surface area contributed by atoms with E-state index in [9.17, 15) is 9.59 Å². The van der Waals surface area contributed by atoms with E-state index in [1.807, 2.05) is 4.90 Å². The van der Waals surface area contributed by atoms with Crippen LogP contribution >= 0.6 is 23.2 Å². The highest BCUT2D eigenvalue weighted by Crippen LogP contribution is 2.67. The summed E-state index contributed by atoms with van der Waals surface area (Å²) in [5.41, 5.74) is 1.99. The van der Waals surface area contributed by atoms with Crippen molar-refractivity contribution in [2.75, 3.05) is 24.8 Å². The molecule has 0 unspecified atom stereocenters. The SMILES string of the molecule is CC(=O)O[C@H]1CC[C@@]2(C)C(=CC[C@H]3[C@@H]4CC[C@H]([C@@H](C)C(=O)N(CCCl)CCCl)[C@@]4(C)CC[C@@H]32)C1. The molecule has 4 rings (SSSR count). The van der Waals surface area contributed by atoms with Crippen molar-refractivity contribution in [3.8, 4) is 0 Å².